The van der Waals surface area contributed by atoms with Crippen LogP contribution in [-0.2, 0) is 4.79 Å². The second-order valence-electron chi connectivity index (χ2n) is 3.89. The van der Waals surface area contributed by atoms with Crippen LogP contribution in [0.3, 0.4) is 0 Å². The molecule has 1 aromatic heterocycles. The maximum atomic E-state index is 11.9. The number of hydrogen-bond donors (Lipinski definition) is 1. The summed E-state index contributed by atoms with van der Waals surface area (Å²) < 4.78 is 0. The van der Waals surface area contributed by atoms with Crippen LogP contribution in [0.2, 0.25) is 5.15 Å². The van der Waals surface area contributed by atoms with Crippen LogP contribution in [0.4, 0.5) is 10.6 Å². The fraction of sp³-hybridized carbons (Fsp3) is 0.333. The number of carbonyl (C=O) groups is 2. The van der Waals surface area contributed by atoms with Gasteiger partial charge in [0.15, 0.2) is 5.82 Å². The van der Waals surface area contributed by atoms with E-state index in [4.69, 9.17) is 11.6 Å². The molecular formula is C9H9ClN4O2. The molecule has 0 aliphatic carbocycles. The Morgan fingerprint density at radius 1 is 1.31 bits per heavy atom. The summed E-state index contributed by atoms with van der Waals surface area (Å²) in [4.78, 5) is 32.0. The smallest absolute Gasteiger partial charge is 0.323 e. The van der Waals surface area contributed by atoms with Crippen LogP contribution >= 0.6 is 11.6 Å². The normalized spacial score (nSPS) is 18.8. The van der Waals surface area contributed by atoms with Gasteiger partial charge in [-0.25, -0.2) is 19.7 Å². The van der Waals surface area contributed by atoms with Crippen LogP contribution < -0.4 is 10.2 Å². The minimum absolute atomic E-state index is 0.164. The first kappa shape index (κ1) is 10.8. The fourth-order valence-electron chi connectivity index (χ4n) is 1.38. The molecule has 1 aliphatic heterocycles. The van der Waals surface area contributed by atoms with Crippen molar-refractivity contribution in [3.8, 4) is 0 Å². The Morgan fingerprint density at radius 3 is 2.44 bits per heavy atom. The Bertz CT molecular complexity index is 457. The fourth-order valence-corrected chi connectivity index (χ4v) is 1.48. The van der Waals surface area contributed by atoms with Crippen molar-refractivity contribution in [3.05, 3.63) is 17.5 Å². The van der Waals surface area contributed by atoms with Gasteiger partial charge in [-0.15, -0.1) is 0 Å². The molecule has 1 aliphatic rings. The Kier molecular flexibility index (Phi) is 2.31. The second-order valence-corrected chi connectivity index (χ2v) is 4.28. The highest BCUT2D eigenvalue weighted by Gasteiger charge is 2.45. The summed E-state index contributed by atoms with van der Waals surface area (Å²) in [5.74, 6) is -0.202. The average Bonchev–Trinajstić information content (AvgIpc) is 2.39. The number of halogens is 1. The number of amides is 3. The number of hydrogen-bond acceptors (Lipinski definition) is 4. The third kappa shape index (κ3) is 1.61. The maximum absolute atomic E-state index is 11.9. The molecule has 0 radical (unpaired) electrons. The number of aromatic nitrogens is 2. The molecule has 0 saturated carbocycles. The predicted octanol–water partition coefficient (Wildman–Crippen LogP) is 0.965. The van der Waals surface area contributed by atoms with Gasteiger partial charge in [-0.1, -0.05) is 11.6 Å². The highest BCUT2D eigenvalue weighted by atomic mass is 35.5. The van der Waals surface area contributed by atoms with Crippen LogP contribution in [0.1, 0.15) is 13.8 Å². The van der Waals surface area contributed by atoms with Gasteiger partial charge in [0, 0.05) is 0 Å². The van der Waals surface area contributed by atoms with E-state index < -0.39 is 11.6 Å². The zero-order chi connectivity index (χ0) is 11.9. The van der Waals surface area contributed by atoms with E-state index in [1.54, 1.807) is 13.8 Å². The lowest BCUT2D eigenvalue weighted by Gasteiger charge is -2.14. The van der Waals surface area contributed by atoms with Crippen molar-refractivity contribution in [2.45, 2.75) is 19.4 Å². The molecule has 0 aromatic carbocycles. The lowest BCUT2D eigenvalue weighted by molar-refractivity contribution is -0.121. The lowest BCUT2D eigenvalue weighted by Crippen LogP contribution is -2.40. The van der Waals surface area contributed by atoms with E-state index in [-0.39, 0.29) is 16.9 Å². The number of anilines is 1. The second kappa shape index (κ2) is 3.41. The lowest BCUT2D eigenvalue weighted by atomic mass is 10.1. The Balaban J connectivity index is 2.39. The van der Waals surface area contributed by atoms with Gasteiger partial charge in [0.2, 0.25) is 0 Å². The van der Waals surface area contributed by atoms with Crippen LogP contribution in [0.15, 0.2) is 12.4 Å². The molecule has 84 valence electrons. The highest BCUT2D eigenvalue weighted by molar-refractivity contribution is 6.29. The third-order valence-electron chi connectivity index (χ3n) is 2.20. The molecule has 1 saturated heterocycles. The standard InChI is InChI=1S/C9H9ClN4O2/c1-9(2)7(15)14(8(16)13-9)6-4-11-5(10)3-12-6/h3-4H,1-2H3,(H,13,16). The monoisotopic (exact) mass is 240 g/mol. The van der Waals surface area contributed by atoms with Crippen LogP contribution in [0, 0.1) is 0 Å². The van der Waals surface area contributed by atoms with Crippen molar-refractivity contribution in [1.29, 1.82) is 0 Å². The quantitative estimate of drug-likeness (QED) is 0.742. The van der Waals surface area contributed by atoms with Crippen molar-refractivity contribution in [2.75, 3.05) is 4.90 Å². The SMILES string of the molecule is CC1(C)NC(=O)N(c2cnc(Cl)cn2)C1=O. The highest BCUT2D eigenvalue weighted by Crippen LogP contribution is 2.22. The summed E-state index contributed by atoms with van der Waals surface area (Å²) >= 11 is 5.57. The summed E-state index contributed by atoms with van der Waals surface area (Å²) in [6.45, 7) is 3.24. The van der Waals surface area contributed by atoms with Crippen LogP contribution in [0.5, 0.6) is 0 Å². The van der Waals surface area contributed by atoms with E-state index in [2.05, 4.69) is 15.3 Å². The van der Waals surface area contributed by atoms with Gasteiger partial charge < -0.3 is 5.32 Å². The Labute approximate surface area is 96.6 Å². The Hall–Kier alpha value is -1.69. The Morgan fingerprint density at radius 2 is 2.00 bits per heavy atom. The molecule has 7 heteroatoms. The maximum Gasteiger partial charge on any atom is 0.330 e. The minimum atomic E-state index is -0.918. The summed E-state index contributed by atoms with van der Waals surface area (Å²) in [6, 6.07) is -0.508. The van der Waals surface area contributed by atoms with E-state index in [0.717, 1.165) is 4.90 Å². The number of carbonyl (C=O) groups excluding carboxylic acids is 2. The molecule has 2 heterocycles. The largest absolute Gasteiger partial charge is 0.330 e. The molecule has 0 bridgehead atoms. The zero-order valence-electron chi connectivity index (χ0n) is 8.69. The molecule has 16 heavy (non-hydrogen) atoms. The molecule has 0 unspecified atom stereocenters. The number of nitrogens with one attached hydrogen (secondary N) is 1. The van der Waals surface area contributed by atoms with Crippen molar-refractivity contribution in [2.24, 2.45) is 0 Å². The van der Waals surface area contributed by atoms with E-state index >= 15 is 0 Å². The van der Waals surface area contributed by atoms with E-state index in [0.29, 0.717) is 0 Å². The van der Waals surface area contributed by atoms with Gasteiger partial charge in [-0.2, -0.15) is 0 Å². The topological polar surface area (TPSA) is 75.2 Å². The molecule has 1 N–H and O–H groups in total. The summed E-state index contributed by atoms with van der Waals surface area (Å²) in [7, 11) is 0. The summed E-state index contributed by atoms with van der Waals surface area (Å²) in [5, 5.41) is 2.75. The summed E-state index contributed by atoms with van der Waals surface area (Å²) in [5.41, 5.74) is -0.918. The van der Waals surface area contributed by atoms with Crippen LogP contribution in [-0.4, -0.2) is 27.4 Å². The van der Waals surface area contributed by atoms with Gasteiger partial charge in [-0.05, 0) is 13.8 Å². The number of nitrogens with zero attached hydrogens (tertiary/aromatic N) is 3. The average molecular weight is 241 g/mol. The van der Waals surface area contributed by atoms with Crippen molar-refractivity contribution < 1.29 is 9.59 Å². The number of imide groups is 1. The predicted molar refractivity (Wildman–Crippen MR) is 57.1 cm³/mol. The van der Waals surface area contributed by atoms with Gasteiger partial charge in [-0.3, -0.25) is 4.79 Å². The zero-order valence-corrected chi connectivity index (χ0v) is 9.45. The minimum Gasteiger partial charge on any atom is -0.323 e. The molecule has 1 fully saturated rings. The first-order valence-corrected chi connectivity index (χ1v) is 4.94. The first-order chi connectivity index (χ1) is 7.42. The van der Waals surface area contributed by atoms with Crippen molar-refractivity contribution in [1.82, 2.24) is 15.3 Å². The molecule has 3 amide bonds. The molecule has 1 aromatic rings. The van der Waals surface area contributed by atoms with Gasteiger partial charge in [0.25, 0.3) is 5.91 Å². The number of rotatable bonds is 1. The van der Waals surface area contributed by atoms with Gasteiger partial charge in [0.1, 0.15) is 10.7 Å². The van der Waals surface area contributed by atoms with Crippen molar-refractivity contribution in [3.63, 3.8) is 0 Å². The molecule has 2 rings (SSSR count). The molecule has 0 atom stereocenters. The third-order valence-corrected chi connectivity index (χ3v) is 2.39. The molecule has 0 spiro atoms. The first-order valence-electron chi connectivity index (χ1n) is 4.56. The van der Waals surface area contributed by atoms with Crippen LogP contribution in [0.25, 0.3) is 0 Å². The van der Waals surface area contributed by atoms with E-state index in [1.807, 2.05) is 0 Å². The summed E-state index contributed by atoms with van der Waals surface area (Å²) in [6.07, 6.45) is 2.56. The van der Waals surface area contributed by atoms with E-state index in [1.165, 1.54) is 12.4 Å². The van der Waals surface area contributed by atoms with Crippen molar-refractivity contribution >= 4 is 29.4 Å². The molecular weight excluding hydrogens is 232 g/mol. The van der Waals surface area contributed by atoms with E-state index in [9.17, 15) is 9.59 Å². The number of urea groups is 1. The molecule has 6 nitrogen and oxygen atoms in total. The van der Waals surface area contributed by atoms with Gasteiger partial charge in [0.05, 0.1) is 12.4 Å². The van der Waals surface area contributed by atoms with Gasteiger partial charge >= 0.3 is 6.03 Å².